The van der Waals surface area contributed by atoms with Crippen molar-refractivity contribution in [1.82, 2.24) is 5.43 Å². The second-order valence-electron chi connectivity index (χ2n) is 2.50. The number of rotatable bonds is 3. The minimum Gasteiger partial charge on any atom is -0.332 e. The molecule has 7 heteroatoms. The van der Waals surface area contributed by atoms with Crippen LogP contribution in [0, 0.1) is 0 Å². The Hall–Kier alpha value is -0.920. The third kappa shape index (κ3) is 4.41. The number of thiocarbonyl (C=S) groups is 1. The standard InChI is InChI=1S/C8H9F2N3S2/c9-7(10)15-6-3-1-5(2-4-6)12-8(14)13-11/h1-4,7H,11H2,(H2,12,13,14). The molecule has 0 atom stereocenters. The van der Waals surface area contributed by atoms with Gasteiger partial charge in [0.1, 0.15) is 0 Å². The van der Waals surface area contributed by atoms with Crippen LogP contribution in [0.2, 0.25) is 0 Å². The topological polar surface area (TPSA) is 50.1 Å². The molecular formula is C8H9F2N3S2. The fraction of sp³-hybridized carbons (Fsp3) is 0.125. The van der Waals surface area contributed by atoms with Crippen molar-refractivity contribution in [3.05, 3.63) is 24.3 Å². The van der Waals surface area contributed by atoms with Crippen LogP contribution in [0.25, 0.3) is 0 Å². The number of benzene rings is 1. The highest BCUT2D eigenvalue weighted by Crippen LogP contribution is 2.25. The van der Waals surface area contributed by atoms with Crippen molar-refractivity contribution in [2.45, 2.75) is 10.7 Å². The molecule has 0 fully saturated rings. The Balaban J connectivity index is 2.60. The number of thioether (sulfide) groups is 1. The maximum absolute atomic E-state index is 12.0. The summed E-state index contributed by atoms with van der Waals surface area (Å²) in [4.78, 5) is 0.502. The van der Waals surface area contributed by atoms with Crippen molar-refractivity contribution in [3.63, 3.8) is 0 Å². The van der Waals surface area contributed by atoms with Crippen LogP contribution in [-0.4, -0.2) is 10.9 Å². The number of nitrogens with one attached hydrogen (secondary N) is 2. The summed E-state index contributed by atoms with van der Waals surface area (Å²) in [6, 6.07) is 6.46. The first-order valence-corrected chi connectivity index (χ1v) is 5.23. The quantitative estimate of drug-likeness (QED) is 0.332. The molecule has 1 rings (SSSR count). The fourth-order valence-corrected chi connectivity index (χ4v) is 1.50. The van der Waals surface area contributed by atoms with Gasteiger partial charge in [-0.25, -0.2) is 5.84 Å². The highest BCUT2D eigenvalue weighted by Gasteiger charge is 2.04. The van der Waals surface area contributed by atoms with Gasteiger partial charge in [0.2, 0.25) is 0 Å². The first-order chi connectivity index (χ1) is 7.11. The molecule has 0 aliphatic heterocycles. The molecule has 0 spiro atoms. The first-order valence-electron chi connectivity index (χ1n) is 3.94. The van der Waals surface area contributed by atoms with Crippen molar-refractivity contribution in [3.8, 4) is 0 Å². The van der Waals surface area contributed by atoms with Crippen LogP contribution in [0.4, 0.5) is 14.5 Å². The minimum absolute atomic E-state index is 0.268. The monoisotopic (exact) mass is 249 g/mol. The third-order valence-electron chi connectivity index (χ3n) is 1.47. The summed E-state index contributed by atoms with van der Waals surface area (Å²) in [5, 5.41) is 3.04. The third-order valence-corrected chi connectivity index (χ3v) is 2.41. The van der Waals surface area contributed by atoms with Gasteiger partial charge in [-0.2, -0.15) is 8.78 Å². The summed E-state index contributed by atoms with van der Waals surface area (Å²) in [5.74, 6) is 2.65. The molecule has 3 nitrogen and oxygen atoms in total. The van der Waals surface area contributed by atoms with Crippen LogP contribution in [0.5, 0.6) is 0 Å². The fourth-order valence-electron chi connectivity index (χ4n) is 0.887. The lowest BCUT2D eigenvalue weighted by atomic mass is 10.3. The molecule has 0 saturated carbocycles. The lowest BCUT2D eigenvalue weighted by molar-refractivity contribution is 0.252. The van der Waals surface area contributed by atoms with Crippen molar-refractivity contribution in [1.29, 1.82) is 0 Å². The molecule has 1 aromatic carbocycles. The van der Waals surface area contributed by atoms with Crippen LogP contribution in [0.3, 0.4) is 0 Å². The Morgan fingerprint density at radius 2 is 1.93 bits per heavy atom. The second kappa shape index (κ2) is 5.84. The van der Waals surface area contributed by atoms with Gasteiger partial charge in [-0.3, -0.25) is 0 Å². The average molecular weight is 249 g/mol. The summed E-state index contributed by atoms with van der Waals surface area (Å²) < 4.78 is 24.0. The van der Waals surface area contributed by atoms with E-state index < -0.39 is 5.76 Å². The van der Waals surface area contributed by atoms with Gasteiger partial charge < -0.3 is 10.7 Å². The van der Waals surface area contributed by atoms with E-state index in [0.717, 1.165) is 0 Å². The van der Waals surface area contributed by atoms with Gasteiger partial charge in [0.25, 0.3) is 5.76 Å². The van der Waals surface area contributed by atoms with E-state index in [1.807, 2.05) is 0 Å². The molecule has 0 heterocycles. The Kier molecular flexibility index (Phi) is 4.73. The number of anilines is 1. The van der Waals surface area contributed by atoms with Crippen LogP contribution >= 0.6 is 24.0 Å². The number of nitrogens with two attached hydrogens (primary N) is 1. The maximum Gasteiger partial charge on any atom is 0.288 e. The molecule has 0 aliphatic rings. The number of hydrogen-bond donors (Lipinski definition) is 3. The summed E-state index contributed by atoms with van der Waals surface area (Å²) >= 11 is 5.27. The van der Waals surface area contributed by atoms with Crippen LogP contribution in [-0.2, 0) is 0 Å². The van der Waals surface area contributed by atoms with E-state index in [9.17, 15) is 8.78 Å². The molecule has 0 amide bonds. The maximum atomic E-state index is 12.0. The molecule has 15 heavy (non-hydrogen) atoms. The Morgan fingerprint density at radius 1 is 1.33 bits per heavy atom. The number of halogens is 2. The average Bonchev–Trinajstić information content (AvgIpc) is 2.20. The second-order valence-corrected chi connectivity index (χ2v) is 3.97. The zero-order valence-corrected chi connectivity index (χ0v) is 9.17. The first kappa shape index (κ1) is 12.2. The van der Waals surface area contributed by atoms with Gasteiger partial charge in [0.15, 0.2) is 5.11 Å². The molecule has 0 aliphatic carbocycles. The number of alkyl halides is 2. The van der Waals surface area contributed by atoms with Crippen LogP contribution in [0.15, 0.2) is 29.2 Å². The Morgan fingerprint density at radius 3 is 2.40 bits per heavy atom. The smallest absolute Gasteiger partial charge is 0.288 e. The van der Waals surface area contributed by atoms with Crippen molar-refractivity contribution >= 4 is 34.8 Å². The summed E-state index contributed by atoms with van der Waals surface area (Å²) in [6.07, 6.45) is 0. The van der Waals surface area contributed by atoms with E-state index in [1.54, 1.807) is 24.3 Å². The van der Waals surface area contributed by atoms with Gasteiger partial charge in [0, 0.05) is 10.6 Å². The summed E-state index contributed by atoms with van der Waals surface area (Å²) in [5.41, 5.74) is 2.95. The number of hydrazine groups is 1. The lowest BCUT2D eigenvalue weighted by Crippen LogP contribution is -2.34. The Bertz CT molecular complexity index is 329. The Labute approximate surface area is 95.4 Å². The molecule has 82 valence electrons. The highest BCUT2D eigenvalue weighted by atomic mass is 32.2. The predicted octanol–water partition coefficient (Wildman–Crippen LogP) is 2.16. The van der Waals surface area contributed by atoms with Crippen molar-refractivity contribution in [2.24, 2.45) is 5.84 Å². The van der Waals surface area contributed by atoms with Crippen LogP contribution in [0.1, 0.15) is 0 Å². The van der Waals surface area contributed by atoms with E-state index >= 15 is 0 Å². The van der Waals surface area contributed by atoms with E-state index in [1.165, 1.54) is 0 Å². The summed E-state index contributed by atoms with van der Waals surface area (Å²) in [6.45, 7) is 0. The molecule has 0 bridgehead atoms. The van der Waals surface area contributed by atoms with Gasteiger partial charge in [-0.1, -0.05) is 11.8 Å². The van der Waals surface area contributed by atoms with E-state index in [4.69, 9.17) is 18.1 Å². The highest BCUT2D eigenvalue weighted by molar-refractivity contribution is 7.99. The molecule has 0 unspecified atom stereocenters. The largest absolute Gasteiger partial charge is 0.332 e. The van der Waals surface area contributed by atoms with Gasteiger partial charge >= 0.3 is 0 Å². The normalized spacial score (nSPS) is 10.1. The molecule has 0 radical (unpaired) electrons. The van der Waals surface area contributed by atoms with Gasteiger partial charge in [0.05, 0.1) is 0 Å². The molecule has 0 aromatic heterocycles. The van der Waals surface area contributed by atoms with Gasteiger partial charge in [-0.15, -0.1) is 0 Å². The predicted molar refractivity (Wildman–Crippen MR) is 61.8 cm³/mol. The van der Waals surface area contributed by atoms with Crippen molar-refractivity contribution in [2.75, 3.05) is 5.32 Å². The van der Waals surface area contributed by atoms with E-state index in [2.05, 4.69) is 10.7 Å². The van der Waals surface area contributed by atoms with E-state index in [-0.39, 0.29) is 5.11 Å². The zero-order valence-electron chi connectivity index (χ0n) is 7.54. The molecule has 4 N–H and O–H groups in total. The molecular weight excluding hydrogens is 240 g/mol. The number of hydrogen-bond acceptors (Lipinski definition) is 3. The lowest BCUT2D eigenvalue weighted by Gasteiger charge is -2.07. The zero-order chi connectivity index (χ0) is 11.3. The molecule has 0 saturated heterocycles. The summed E-state index contributed by atoms with van der Waals surface area (Å²) in [7, 11) is 0. The van der Waals surface area contributed by atoms with Crippen LogP contribution < -0.4 is 16.6 Å². The van der Waals surface area contributed by atoms with Gasteiger partial charge in [-0.05, 0) is 36.5 Å². The SMILES string of the molecule is NNC(=S)Nc1ccc(SC(F)F)cc1. The van der Waals surface area contributed by atoms with E-state index in [0.29, 0.717) is 22.3 Å². The minimum atomic E-state index is -2.41. The van der Waals surface area contributed by atoms with Crippen molar-refractivity contribution < 1.29 is 8.78 Å². The molecule has 1 aromatic rings.